The smallest absolute Gasteiger partial charge is 0.153 e. The van der Waals surface area contributed by atoms with Gasteiger partial charge in [-0.3, -0.25) is 0 Å². The van der Waals surface area contributed by atoms with Crippen LogP contribution in [-0.2, 0) is 9.84 Å². The normalized spacial score (nSPS) is 28.1. The van der Waals surface area contributed by atoms with Crippen molar-refractivity contribution in [1.82, 2.24) is 0 Å². The highest BCUT2D eigenvalue weighted by Gasteiger charge is 2.57. The fourth-order valence-corrected chi connectivity index (χ4v) is 4.36. The van der Waals surface area contributed by atoms with Crippen LogP contribution in [0.5, 0.6) is 0 Å². The molecule has 0 aliphatic heterocycles. The van der Waals surface area contributed by atoms with Gasteiger partial charge in [0.2, 0.25) is 0 Å². The number of hydrogen-bond acceptors (Lipinski definition) is 3. The Balaban J connectivity index is 2.26. The summed E-state index contributed by atoms with van der Waals surface area (Å²) < 4.78 is 23.7. The number of aliphatic hydroxyl groups excluding tert-OH is 1. The van der Waals surface area contributed by atoms with E-state index < -0.39 is 9.84 Å². The van der Waals surface area contributed by atoms with E-state index in [0.29, 0.717) is 0 Å². The molecule has 3 atom stereocenters. The summed E-state index contributed by atoms with van der Waals surface area (Å²) in [6.45, 7) is 3.61. The van der Waals surface area contributed by atoms with Gasteiger partial charge in [0.05, 0.1) is 5.25 Å². The first-order chi connectivity index (χ1) is 8.01. The van der Waals surface area contributed by atoms with Crippen LogP contribution in [-0.4, -0.2) is 31.1 Å². The van der Waals surface area contributed by atoms with Crippen LogP contribution >= 0.6 is 0 Å². The third-order valence-electron chi connectivity index (χ3n) is 3.59. The Morgan fingerprint density at radius 3 is 2.29 bits per heavy atom. The number of aryl methyl sites for hydroxylation is 1. The van der Waals surface area contributed by atoms with Gasteiger partial charge >= 0.3 is 0 Å². The SMILES string of the molecule is CCS(=O)(=O)C1C(CO)C1c1ccc(C)cc1. The first-order valence-corrected chi connectivity index (χ1v) is 7.61. The average Bonchev–Trinajstić information content (AvgIpc) is 3.05. The van der Waals surface area contributed by atoms with E-state index in [-0.39, 0.29) is 29.4 Å². The van der Waals surface area contributed by atoms with E-state index in [9.17, 15) is 13.5 Å². The molecule has 0 spiro atoms. The van der Waals surface area contributed by atoms with Crippen LogP contribution in [0.25, 0.3) is 0 Å². The summed E-state index contributed by atoms with van der Waals surface area (Å²) in [5.74, 6) is 0.00415. The van der Waals surface area contributed by atoms with Crippen LogP contribution in [0.15, 0.2) is 24.3 Å². The van der Waals surface area contributed by atoms with E-state index in [1.165, 1.54) is 0 Å². The van der Waals surface area contributed by atoms with E-state index in [0.717, 1.165) is 11.1 Å². The molecule has 0 aromatic heterocycles. The average molecular weight is 254 g/mol. The van der Waals surface area contributed by atoms with Crippen molar-refractivity contribution in [2.45, 2.75) is 25.0 Å². The summed E-state index contributed by atoms with van der Waals surface area (Å²) in [7, 11) is -3.05. The Hall–Kier alpha value is -0.870. The van der Waals surface area contributed by atoms with Crippen LogP contribution in [0.2, 0.25) is 0 Å². The van der Waals surface area contributed by atoms with Crippen molar-refractivity contribution in [2.24, 2.45) is 5.92 Å². The largest absolute Gasteiger partial charge is 0.396 e. The van der Waals surface area contributed by atoms with E-state index in [1.54, 1.807) is 6.92 Å². The van der Waals surface area contributed by atoms with Crippen molar-refractivity contribution in [1.29, 1.82) is 0 Å². The molecule has 4 heteroatoms. The lowest BCUT2D eigenvalue weighted by Crippen LogP contribution is -2.13. The molecule has 3 nitrogen and oxygen atoms in total. The van der Waals surface area contributed by atoms with E-state index in [1.807, 2.05) is 31.2 Å². The second kappa shape index (κ2) is 4.42. The summed E-state index contributed by atoms with van der Waals surface area (Å²) in [4.78, 5) is 0. The summed E-state index contributed by atoms with van der Waals surface area (Å²) in [5.41, 5.74) is 2.18. The molecular formula is C13H18O3S. The van der Waals surface area contributed by atoms with E-state index >= 15 is 0 Å². The van der Waals surface area contributed by atoms with Gasteiger partial charge in [0.15, 0.2) is 9.84 Å². The van der Waals surface area contributed by atoms with Crippen LogP contribution in [0.1, 0.15) is 24.0 Å². The summed E-state index contributed by atoms with van der Waals surface area (Å²) in [6.07, 6.45) is 0. The predicted octanol–water partition coefficient (Wildman–Crippen LogP) is 1.50. The van der Waals surface area contributed by atoms with Gasteiger partial charge < -0.3 is 5.11 Å². The van der Waals surface area contributed by atoms with Crippen molar-refractivity contribution in [3.63, 3.8) is 0 Å². The highest BCUT2D eigenvalue weighted by Crippen LogP contribution is 2.52. The summed E-state index contributed by atoms with van der Waals surface area (Å²) in [5, 5.41) is 8.87. The number of aliphatic hydroxyl groups is 1. The minimum absolute atomic E-state index is 0.0226. The molecule has 0 bridgehead atoms. The second-order valence-electron chi connectivity index (χ2n) is 4.70. The number of benzene rings is 1. The van der Waals surface area contributed by atoms with Crippen molar-refractivity contribution in [3.05, 3.63) is 35.4 Å². The first-order valence-electron chi connectivity index (χ1n) is 5.90. The van der Waals surface area contributed by atoms with Crippen LogP contribution in [0.4, 0.5) is 0 Å². The number of sulfone groups is 1. The molecule has 1 aliphatic carbocycles. The van der Waals surface area contributed by atoms with Crippen LogP contribution in [0.3, 0.4) is 0 Å². The van der Waals surface area contributed by atoms with E-state index in [2.05, 4.69) is 0 Å². The fraction of sp³-hybridized carbons (Fsp3) is 0.538. The maximum absolute atomic E-state index is 11.9. The van der Waals surface area contributed by atoms with Crippen molar-refractivity contribution >= 4 is 9.84 Å². The topological polar surface area (TPSA) is 54.4 Å². The van der Waals surface area contributed by atoms with Gasteiger partial charge in [-0.2, -0.15) is 0 Å². The standard InChI is InChI=1S/C13H18O3S/c1-3-17(15,16)13-11(8-14)12(13)10-6-4-9(2)5-7-10/h4-7,11-14H,3,8H2,1-2H3. The maximum Gasteiger partial charge on any atom is 0.153 e. The predicted molar refractivity (Wildman–Crippen MR) is 67.7 cm³/mol. The molecule has 1 fully saturated rings. The van der Waals surface area contributed by atoms with Crippen molar-refractivity contribution in [3.8, 4) is 0 Å². The molecule has 1 aliphatic rings. The molecule has 0 radical (unpaired) electrons. The molecule has 0 heterocycles. The Morgan fingerprint density at radius 2 is 1.82 bits per heavy atom. The lowest BCUT2D eigenvalue weighted by Gasteiger charge is -2.01. The fourth-order valence-electron chi connectivity index (χ4n) is 2.47. The third-order valence-corrected chi connectivity index (χ3v) is 5.86. The minimum atomic E-state index is -3.05. The lowest BCUT2D eigenvalue weighted by atomic mass is 10.1. The quantitative estimate of drug-likeness (QED) is 0.886. The summed E-state index contributed by atoms with van der Waals surface area (Å²) >= 11 is 0. The second-order valence-corrected chi connectivity index (χ2v) is 7.15. The van der Waals surface area contributed by atoms with Gasteiger partial charge in [0.25, 0.3) is 0 Å². The van der Waals surface area contributed by atoms with Gasteiger partial charge in [0, 0.05) is 24.2 Å². The van der Waals surface area contributed by atoms with Gasteiger partial charge in [-0.25, -0.2) is 8.42 Å². The third kappa shape index (κ3) is 2.24. The molecule has 94 valence electrons. The molecule has 17 heavy (non-hydrogen) atoms. The molecule has 1 N–H and O–H groups in total. The van der Waals surface area contributed by atoms with Crippen molar-refractivity contribution < 1.29 is 13.5 Å². The Kier molecular flexibility index (Phi) is 3.27. The molecule has 3 unspecified atom stereocenters. The van der Waals surface area contributed by atoms with Crippen LogP contribution < -0.4 is 0 Å². The Morgan fingerprint density at radius 1 is 1.24 bits per heavy atom. The molecule has 1 saturated carbocycles. The Labute approximate surface area is 102 Å². The highest BCUT2D eigenvalue weighted by atomic mass is 32.2. The zero-order chi connectivity index (χ0) is 12.6. The van der Waals surface area contributed by atoms with Gasteiger partial charge in [-0.15, -0.1) is 0 Å². The van der Waals surface area contributed by atoms with Crippen LogP contribution in [0, 0.1) is 12.8 Å². The number of rotatable bonds is 4. The first kappa shape index (κ1) is 12.6. The monoisotopic (exact) mass is 254 g/mol. The van der Waals surface area contributed by atoms with E-state index in [4.69, 9.17) is 0 Å². The zero-order valence-electron chi connectivity index (χ0n) is 10.1. The molecular weight excluding hydrogens is 236 g/mol. The van der Waals surface area contributed by atoms with Gasteiger partial charge in [-0.1, -0.05) is 36.8 Å². The molecule has 0 amide bonds. The Bertz CT molecular complexity index is 490. The zero-order valence-corrected chi connectivity index (χ0v) is 10.9. The van der Waals surface area contributed by atoms with Gasteiger partial charge in [0.1, 0.15) is 0 Å². The molecule has 1 aromatic carbocycles. The summed E-state index contributed by atoms with van der Waals surface area (Å²) in [6, 6.07) is 7.90. The highest BCUT2D eigenvalue weighted by molar-refractivity contribution is 7.92. The lowest BCUT2D eigenvalue weighted by molar-refractivity contribution is 0.274. The van der Waals surface area contributed by atoms with Gasteiger partial charge in [-0.05, 0) is 12.5 Å². The molecule has 1 aromatic rings. The number of hydrogen-bond donors (Lipinski definition) is 1. The minimum Gasteiger partial charge on any atom is -0.396 e. The van der Waals surface area contributed by atoms with Crippen molar-refractivity contribution in [2.75, 3.05) is 12.4 Å². The maximum atomic E-state index is 11.9. The molecule has 0 saturated heterocycles. The molecule has 2 rings (SSSR count).